The van der Waals surface area contributed by atoms with Crippen molar-refractivity contribution in [3.05, 3.63) is 35.9 Å². The Kier molecular flexibility index (Phi) is 13.1. The summed E-state index contributed by atoms with van der Waals surface area (Å²) in [4.78, 5) is 35.0. The molecule has 1 rings (SSSR count). The molecule has 0 bridgehead atoms. The molecule has 1 atom stereocenters. The summed E-state index contributed by atoms with van der Waals surface area (Å²) in [5.74, 6) is -1.74. The molecule has 0 fully saturated rings. The van der Waals surface area contributed by atoms with Crippen LogP contribution in [-0.2, 0) is 15.8 Å². The molecule has 1 aromatic carbocycles. The van der Waals surface area contributed by atoms with Crippen LogP contribution >= 0.6 is 7.60 Å². The summed E-state index contributed by atoms with van der Waals surface area (Å²) >= 11 is 0. The third-order valence-electron chi connectivity index (χ3n) is 4.99. The number of carbonyl (C=O) groups excluding carboxylic acids is 1. The van der Waals surface area contributed by atoms with Crippen LogP contribution in [0.4, 0.5) is 0 Å². The maximum absolute atomic E-state index is 12.0. The predicted octanol–water partition coefficient (Wildman–Crippen LogP) is 4.29. The molecule has 160 valence electrons. The molecule has 6 heteroatoms. The molecule has 1 amide bonds. The smallest absolute Gasteiger partial charge is 0.220 e. The summed E-state index contributed by atoms with van der Waals surface area (Å²) in [6.45, 7) is 2.23. The molecule has 28 heavy (non-hydrogen) atoms. The van der Waals surface area contributed by atoms with Crippen LogP contribution in [0, 0.1) is 0 Å². The zero-order valence-corrected chi connectivity index (χ0v) is 18.1. The highest BCUT2D eigenvalue weighted by atomic mass is 31.2. The van der Waals surface area contributed by atoms with Crippen molar-refractivity contribution in [2.45, 2.75) is 96.2 Å². The van der Waals surface area contributed by atoms with Gasteiger partial charge in [-0.25, -0.2) is 0 Å². The largest absolute Gasteiger partial charge is 0.809 e. The quantitative estimate of drug-likeness (QED) is 0.326. The van der Waals surface area contributed by atoms with Crippen molar-refractivity contribution in [2.24, 2.45) is 0 Å². The first kappa shape index (κ1) is 24.9. The molecule has 0 aromatic heterocycles. The minimum Gasteiger partial charge on any atom is -0.809 e. The van der Waals surface area contributed by atoms with Crippen molar-refractivity contribution in [3.63, 3.8) is 0 Å². The first-order valence-corrected chi connectivity index (χ1v) is 12.4. The van der Waals surface area contributed by atoms with E-state index in [0.717, 1.165) is 24.8 Å². The lowest BCUT2D eigenvalue weighted by molar-refractivity contribution is -0.317. The van der Waals surface area contributed by atoms with Crippen LogP contribution in [0.5, 0.6) is 0 Å². The van der Waals surface area contributed by atoms with Crippen LogP contribution in [0.3, 0.4) is 0 Å². The monoisotopic (exact) mass is 409 g/mol. The van der Waals surface area contributed by atoms with Gasteiger partial charge in [0.15, 0.2) is 0 Å². The number of unbranched alkanes of at least 4 members (excludes halogenated alkanes) is 10. The first-order valence-electron chi connectivity index (χ1n) is 10.8. The Morgan fingerprint density at radius 3 is 1.89 bits per heavy atom. The fraction of sp³-hybridized carbons (Fsp3) is 0.682. The second-order valence-electron chi connectivity index (χ2n) is 7.60. The molecule has 5 nitrogen and oxygen atoms in total. The second kappa shape index (κ2) is 14.8. The van der Waals surface area contributed by atoms with E-state index in [9.17, 15) is 19.1 Å². The van der Waals surface area contributed by atoms with E-state index in [1.165, 1.54) is 51.4 Å². The van der Waals surface area contributed by atoms with E-state index >= 15 is 0 Å². The minimum absolute atomic E-state index is 0.00904. The molecule has 0 heterocycles. The van der Waals surface area contributed by atoms with Crippen LogP contribution in [0.25, 0.3) is 0 Å². The van der Waals surface area contributed by atoms with Gasteiger partial charge in [-0.1, -0.05) is 101 Å². The van der Waals surface area contributed by atoms with E-state index in [4.69, 9.17) is 0 Å². The predicted molar refractivity (Wildman–Crippen MR) is 111 cm³/mol. The molecule has 1 aromatic rings. The molecular formula is C22H36NO4P-2. The van der Waals surface area contributed by atoms with Gasteiger partial charge in [0.2, 0.25) is 5.91 Å². The van der Waals surface area contributed by atoms with Gasteiger partial charge in [0.05, 0.1) is 5.78 Å². The first-order chi connectivity index (χ1) is 13.4. The number of carbonyl (C=O) groups is 1. The van der Waals surface area contributed by atoms with E-state index in [1.807, 2.05) is 6.07 Å². The normalized spacial score (nSPS) is 12.7. The SMILES string of the molecule is CCCCCCCCCCCCCC(=O)NC(Cc1ccccc1)P(=O)([O-])[O-]. The van der Waals surface area contributed by atoms with Crippen LogP contribution in [0.15, 0.2) is 30.3 Å². The van der Waals surface area contributed by atoms with Crippen LogP contribution in [0.1, 0.15) is 89.5 Å². The maximum atomic E-state index is 12.0. The fourth-order valence-electron chi connectivity index (χ4n) is 3.29. The van der Waals surface area contributed by atoms with E-state index in [2.05, 4.69) is 12.2 Å². The van der Waals surface area contributed by atoms with Crippen molar-refractivity contribution in [2.75, 3.05) is 0 Å². The lowest BCUT2D eigenvalue weighted by atomic mass is 10.1. The van der Waals surface area contributed by atoms with Gasteiger partial charge >= 0.3 is 0 Å². The highest BCUT2D eigenvalue weighted by Gasteiger charge is 2.16. The molecule has 0 saturated carbocycles. The standard InChI is InChI=1S/C22H38NO4P/c1-2-3-4-5-6-7-8-9-10-11-15-18-21(24)23-22(28(25,26)27)19-20-16-13-12-14-17-20/h12-14,16-17,22H,2-11,15,18-19H2,1H3,(H,23,24)(H2,25,26,27)/p-2. The van der Waals surface area contributed by atoms with Crippen LogP contribution in [0.2, 0.25) is 0 Å². The number of rotatable bonds is 16. The number of nitrogens with one attached hydrogen (secondary N) is 1. The van der Waals surface area contributed by atoms with Crippen molar-refractivity contribution >= 4 is 13.5 Å². The van der Waals surface area contributed by atoms with Crippen molar-refractivity contribution < 1.29 is 19.1 Å². The summed E-state index contributed by atoms with van der Waals surface area (Å²) in [5.41, 5.74) is 0.717. The Balaban J connectivity index is 2.15. The van der Waals surface area contributed by atoms with E-state index in [0.29, 0.717) is 0 Å². The number of hydrogen-bond donors (Lipinski definition) is 1. The van der Waals surface area contributed by atoms with Crippen LogP contribution in [-0.4, -0.2) is 11.7 Å². The average Bonchev–Trinajstić information content (AvgIpc) is 2.65. The maximum Gasteiger partial charge on any atom is 0.220 e. The second-order valence-corrected chi connectivity index (χ2v) is 9.30. The third kappa shape index (κ3) is 12.3. The zero-order chi connectivity index (χ0) is 20.7. The lowest BCUT2D eigenvalue weighted by Crippen LogP contribution is -2.42. The summed E-state index contributed by atoms with van der Waals surface area (Å²) in [5, 5.41) is 2.41. The third-order valence-corrected chi connectivity index (χ3v) is 6.06. The Bertz CT molecular complexity index is 573. The molecule has 1 N–H and O–H groups in total. The van der Waals surface area contributed by atoms with Gasteiger partial charge < -0.3 is 19.7 Å². The highest BCUT2D eigenvalue weighted by molar-refractivity contribution is 7.49. The number of amides is 1. The molecular weight excluding hydrogens is 373 g/mol. The molecule has 0 saturated heterocycles. The Labute approximate surface area is 170 Å². The summed E-state index contributed by atoms with van der Waals surface area (Å²) in [6.07, 6.45) is 13.4. The fourth-order valence-corrected chi connectivity index (χ4v) is 4.02. The molecule has 0 radical (unpaired) electrons. The molecule has 0 spiro atoms. The summed E-state index contributed by atoms with van der Waals surface area (Å²) in [6, 6.07) is 8.87. The average molecular weight is 410 g/mol. The Hall–Kier alpha value is -1.16. The van der Waals surface area contributed by atoms with Crippen molar-refractivity contribution in [3.8, 4) is 0 Å². The molecule has 0 aliphatic carbocycles. The Morgan fingerprint density at radius 1 is 0.893 bits per heavy atom. The van der Waals surface area contributed by atoms with Crippen LogP contribution < -0.4 is 15.1 Å². The number of hydrogen-bond acceptors (Lipinski definition) is 4. The lowest BCUT2D eigenvalue weighted by Gasteiger charge is -2.38. The minimum atomic E-state index is -4.90. The topological polar surface area (TPSA) is 92.3 Å². The Morgan fingerprint density at radius 2 is 1.39 bits per heavy atom. The van der Waals surface area contributed by atoms with Gasteiger partial charge in [-0.15, -0.1) is 0 Å². The summed E-state index contributed by atoms with van der Waals surface area (Å²) in [7, 11) is -4.90. The molecule has 0 aliphatic rings. The van der Waals surface area contributed by atoms with E-state index < -0.39 is 13.4 Å². The van der Waals surface area contributed by atoms with Gasteiger partial charge in [-0.05, 0) is 26.0 Å². The van der Waals surface area contributed by atoms with E-state index in [-0.39, 0.29) is 18.7 Å². The van der Waals surface area contributed by atoms with E-state index in [1.54, 1.807) is 24.3 Å². The van der Waals surface area contributed by atoms with Gasteiger partial charge in [-0.3, -0.25) is 4.79 Å². The van der Waals surface area contributed by atoms with Gasteiger partial charge in [0, 0.05) is 6.42 Å². The van der Waals surface area contributed by atoms with Gasteiger partial charge in [-0.2, -0.15) is 0 Å². The highest BCUT2D eigenvalue weighted by Crippen LogP contribution is 2.32. The van der Waals surface area contributed by atoms with Gasteiger partial charge in [0.25, 0.3) is 0 Å². The van der Waals surface area contributed by atoms with Gasteiger partial charge in [0.1, 0.15) is 0 Å². The molecule has 1 unspecified atom stereocenters. The zero-order valence-electron chi connectivity index (χ0n) is 17.2. The van der Waals surface area contributed by atoms with Crippen molar-refractivity contribution in [1.82, 2.24) is 5.32 Å². The molecule has 0 aliphatic heterocycles. The summed E-state index contributed by atoms with van der Waals surface area (Å²) < 4.78 is 11.5. The van der Waals surface area contributed by atoms with Crippen molar-refractivity contribution in [1.29, 1.82) is 0 Å². The number of benzene rings is 1.